The van der Waals surface area contributed by atoms with Crippen LogP contribution in [0, 0.1) is 16.2 Å². The second-order valence-electron chi connectivity index (χ2n) is 7.14. The molecule has 1 N–H and O–H groups in total. The lowest BCUT2D eigenvalue weighted by Gasteiger charge is -2.33. The van der Waals surface area contributed by atoms with Crippen LogP contribution in [-0.2, 0) is 0 Å². The molecule has 1 heterocycles. The number of nitrogens with zero attached hydrogens (tertiary/aromatic N) is 1. The summed E-state index contributed by atoms with van der Waals surface area (Å²) >= 11 is 1.93. The Balaban J connectivity index is 1.97. The first-order valence-corrected chi connectivity index (χ1v) is 8.21. The molecule has 2 nitrogen and oxygen atoms in total. The number of rotatable bonds is 3. The van der Waals surface area contributed by atoms with Crippen LogP contribution >= 0.6 is 11.8 Å². The first kappa shape index (κ1) is 14.2. The molecule has 1 aliphatic heterocycles. The van der Waals surface area contributed by atoms with E-state index in [0.29, 0.717) is 22.3 Å². The monoisotopic (exact) mass is 268 g/mol. The van der Waals surface area contributed by atoms with Gasteiger partial charge < -0.3 is 5.32 Å². The molecule has 0 amide bonds. The highest BCUT2D eigenvalue weighted by atomic mass is 32.2. The van der Waals surface area contributed by atoms with E-state index in [2.05, 4.69) is 46.9 Å². The van der Waals surface area contributed by atoms with Crippen molar-refractivity contribution in [2.45, 2.75) is 60.4 Å². The number of amidine groups is 1. The number of thioether (sulfide) groups is 1. The third kappa shape index (κ3) is 2.09. The maximum absolute atomic E-state index is 4.80. The van der Waals surface area contributed by atoms with Crippen molar-refractivity contribution in [2.75, 3.05) is 12.3 Å². The summed E-state index contributed by atoms with van der Waals surface area (Å²) in [5.41, 5.74) is 1.23. The van der Waals surface area contributed by atoms with Gasteiger partial charge >= 0.3 is 0 Å². The fourth-order valence-corrected chi connectivity index (χ4v) is 4.30. The SMILES string of the molecule is CCC1(CC)CN=C(NC2C(C)(C)C2(C)C)SC1. The van der Waals surface area contributed by atoms with Crippen LogP contribution in [0.15, 0.2) is 4.99 Å². The third-order valence-corrected chi connectivity index (χ3v) is 7.14. The van der Waals surface area contributed by atoms with Gasteiger partial charge in [-0.25, -0.2) is 0 Å². The third-order valence-electron chi connectivity index (χ3n) is 5.86. The number of aliphatic imine (C=N–C) groups is 1. The molecule has 1 saturated carbocycles. The van der Waals surface area contributed by atoms with Gasteiger partial charge in [0.15, 0.2) is 5.17 Å². The van der Waals surface area contributed by atoms with Crippen molar-refractivity contribution in [2.24, 2.45) is 21.2 Å². The van der Waals surface area contributed by atoms with Crippen molar-refractivity contribution in [3.8, 4) is 0 Å². The van der Waals surface area contributed by atoms with Gasteiger partial charge in [0.25, 0.3) is 0 Å². The Morgan fingerprint density at radius 3 is 2.06 bits per heavy atom. The Bertz CT molecular complexity index is 340. The molecule has 1 fully saturated rings. The van der Waals surface area contributed by atoms with Crippen LogP contribution in [0.3, 0.4) is 0 Å². The summed E-state index contributed by atoms with van der Waals surface area (Å²) in [4.78, 5) is 4.80. The predicted octanol–water partition coefficient (Wildman–Crippen LogP) is 3.92. The van der Waals surface area contributed by atoms with Gasteiger partial charge in [0.1, 0.15) is 0 Å². The van der Waals surface area contributed by atoms with Gasteiger partial charge in [-0.15, -0.1) is 0 Å². The normalized spacial score (nSPS) is 28.7. The van der Waals surface area contributed by atoms with E-state index in [1.165, 1.54) is 23.8 Å². The molecular weight excluding hydrogens is 240 g/mol. The number of hydrogen-bond acceptors (Lipinski definition) is 3. The van der Waals surface area contributed by atoms with Crippen molar-refractivity contribution in [3.05, 3.63) is 0 Å². The molecule has 0 unspecified atom stereocenters. The highest BCUT2D eigenvalue weighted by Gasteiger charge is 2.65. The average Bonchev–Trinajstić information content (AvgIpc) is 2.73. The highest BCUT2D eigenvalue weighted by Crippen LogP contribution is 2.62. The summed E-state index contributed by atoms with van der Waals surface area (Å²) < 4.78 is 0. The van der Waals surface area contributed by atoms with Crippen molar-refractivity contribution in [1.29, 1.82) is 0 Å². The molecule has 0 atom stereocenters. The fraction of sp³-hybridized carbons (Fsp3) is 0.933. The van der Waals surface area contributed by atoms with E-state index < -0.39 is 0 Å². The van der Waals surface area contributed by atoms with Crippen LogP contribution in [0.5, 0.6) is 0 Å². The van der Waals surface area contributed by atoms with Crippen molar-refractivity contribution < 1.29 is 0 Å². The Morgan fingerprint density at radius 1 is 1.17 bits per heavy atom. The largest absolute Gasteiger partial charge is 0.361 e. The quantitative estimate of drug-likeness (QED) is 0.839. The van der Waals surface area contributed by atoms with Crippen molar-refractivity contribution in [3.63, 3.8) is 0 Å². The summed E-state index contributed by atoms with van der Waals surface area (Å²) in [5, 5.41) is 4.85. The molecular formula is C15H28N2S. The van der Waals surface area contributed by atoms with Gasteiger partial charge in [0.2, 0.25) is 0 Å². The Hall–Kier alpha value is -0.180. The summed E-state index contributed by atoms with van der Waals surface area (Å²) in [6, 6.07) is 0.576. The van der Waals surface area contributed by atoms with Crippen LogP contribution < -0.4 is 5.32 Å². The van der Waals surface area contributed by atoms with Gasteiger partial charge in [0, 0.05) is 18.3 Å². The standard InChI is InChI=1S/C15H28N2S/c1-7-15(8-2)9-16-12(18-10-15)17-11-13(3,4)14(11,5)6/h11H,7-10H2,1-6H3,(H,16,17). The number of nitrogens with one attached hydrogen (secondary N) is 1. The van der Waals surface area contributed by atoms with E-state index in [0.717, 1.165) is 6.54 Å². The van der Waals surface area contributed by atoms with Crippen molar-refractivity contribution >= 4 is 16.9 Å². The molecule has 0 aromatic carbocycles. The van der Waals surface area contributed by atoms with E-state index in [4.69, 9.17) is 4.99 Å². The lowest BCUT2D eigenvalue weighted by atomic mass is 9.84. The molecule has 0 aromatic rings. The van der Waals surface area contributed by atoms with Crippen LogP contribution in [0.25, 0.3) is 0 Å². The molecule has 0 spiro atoms. The highest BCUT2D eigenvalue weighted by molar-refractivity contribution is 8.13. The lowest BCUT2D eigenvalue weighted by molar-refractivity contribution is 0.318. The average molecular weight is 268 g/mol. The summed E-state index contributed by atoms with van der Waals surface area (Å²) in [6.45, 7) is 15.0. The van der Waals surface area contributed by atoms with Crippen molar-refractivity contribution in [1.82, 2.24) is 5.32 Å². The van der Waals surface area contributed by atoms with Crippen LogP contribution in [-0.4, -0.2) is 23.5 Å². The first-order valence-electron chi connectivity index (χ1n) is 7.23. The molecule has 2 rings (SSSR count). The smallest absolute Gasteiger partial charge is 0.156 e. The zero-order chi connectivity index (χ0) is 13.6. The van der Waals surface area contributed by atoms with E-state index in [-0.39, 0.29) is 0 Å². The second kappa shape index (κ2) is 4.43. The molecule has 1 aliphatic carbocycles. The molecule has 0 saturated heterocycles. The molecule has 0 radical (unpaired) electrons. The minimum absolute atomic E-state index is 0.389. The molecule has 2 aliphatic rings. The zero-order valence-electron chi connectivity index (χ0n) is 12.8. The van der Waals surface area contributed by atoms with E-state index in [1.807, 2.05) is 11.8 Å². The Kier molecular flexibility index (Phi) is 3.50. The van der Waals surface area contributed by atoms with Crippen LogP contribution in [0.4, 0.5) is 0 Å². The van der Waals surface area contributed by atoms with Gasteiger partial charge in [-0.05, 0) is 29.1 Å². The van der Waals surface area contributed by atoms with Gasteiger partial charge in [0.05, 0.1) is 0 Å². The predicted molar refractivity (Wildman–Crippen MR) is 82.3 cm³/mol. The molecule has 0 bridgehead atoms. The Morgan fingerprint density at radius 2 is 1.72 bits per heavy atom. The first-order chi connectivity index (χ1) is 8.29. The van der Waals surface area contributed by atoms with Crippen LogP contribution in [0.1, 0.15) is 54.4 Å². The lowest BCUT2D eigenvalue weighted by Crippen LogP contribution is -2.36. The summed E-state index contributed by atoms with van der Waals surface area (Å²) in [6.07, 6.45) is 2.49. The topological polar surface area (TPSA) is 24.4 Å². The zero-order valence-corrected chi connectivity index (χ0v) is 13.6. The van der Waals surface area contributed by atoms with E-state index in [9.17, 15) is 0 Å². The van der Waals surface area contributed by atoms with Gasteiger partial charge in [-0.2, -0.15) is 0 Å². The summed E-state index contributed by atoms with van der Waals surface area (Å²) in [7, 11) is 0. The van der Waals surface area contributed by atoms with E-state index >= 15 is 0 Å². The maximum Gasteiger partial charge on any atom is 0.156 e. The number of hydrogen-bond donors (Lipinski definition) is 1. The fourth-order valence-electron chi connectivity index (χ4n) is 3.00. The molecule has 3 heteroatoms. The van der Waals surface area contributed by atoms with Gasteiger partial charge in [-0.3, -0.25) is 4.99 Å². The second-order valence-corrected chi connectivity index (χ2v) is 8.10. The minimum Gasteiger partial charge on any atom is -0.361 e. The molecule has 18 heavy (non-hydrogen) atoms. The molecule has 0 aromatic heterocycles. The minimum atomic E-state index is 0.389. The Labute approximate surface area is 116 Å². The maximum atomic E-state index is 4.80. The van der Waals surface area contributed by atoms with E-state index in [1.54, 1.807) is 0 Å². The summed E-state index contributed by atoms with van der Waals surface area (Å²) in [5.74, 6) is 1.22. The molecule has 104 valence electrons. The van der Waals surface area contributed by atoms with Gasteiger partial charge in [-0.1, -0.05) is 53.3 Å². The van der Waals surface area contributed by atoms with Crippen LogP contribution in [0.2, 0.25) is 0 Å².